The summed E-state index contributed by atoms with van der Waals surface area (Å²) in [5.74, 6) is 0.0783. The van der Waals surface area contributed by atoms with E-state index < -0.39 is 0 Å². The van der Waals surface area contributed by atoms with Gasteiger partial charge in [-0.15, -0.1) is 0 Å². The molecule has 1 aliphatic rings. The first-order chi connectivity index (χ1) is 12.1. The van der Waals surface area contributed by atoms with Gasteiger partial charge in [0.15, 0.2) is 0 Å². The summed E-state index contributed by atoms with van der Waals surface area (Å²) in [6, 6.07) is 11.6. The topological polar surface area (TPSA) is 62.3 Å². The van der Waals surface area contributed by atoms with Crippen molar-refractivity contribution in [1.82, 2.24) is 15.2 Å². The number of carbonyl (C=O) groups is 2. The summed E-state index contributed by atoms with van der Waals surface area (Å²) >= 11 is 0. The number of aryl methyl sites for hydroxylation is 1. The monoisotopic (exact) mass is 337 g/mol. The third kappa shape index (κ3) is 4.66. The second kappa shape index (κ2) is 7.92. The molecule has 1 aromatic heterocycles. The molecule has 1 aliphatic heterocycles. The summed E-state index contributed by atoms with van der Waals surface area (Å²) in [6.07, 6.45) is 5.24. The van der Waals surface area contributed by atoms with Gasteiger partial charge in [0.25, 0.3) is 5.91 Å². The standard InChI is InChI=1S/C20H23N3O2/c1-15-2-4-16(5-3-15)14-19(24)23-12-8-18(9-13-23)22-20(25)17-6-10-21-11-7-17/h2-7,10-11,18H,8-9,12-14H2,1H3,(H,22,25). The van der Waals surface area contributed by atoms with Crippen molar-refractivity contribution in [1.29, 1.82) is 0 Å². The molecule has 130 valence electrons. The number of piperidine rings is 1. The largest absolute Gasteiger partial charge is 0.349 e. The summed E-state index contributed by atoms with van der Waals surface area (Å²) in [4.78, 5) is 30.4. The molecule has 2 amide bonds. The lowest BCUT2D eigenvalue weighted by Crippen LogP contribution is -2.47. The third-order valence-corrected chi connectivity index (χ3v) is 4.60. The Morgan fingerprint density at radius 2 is 1.72 bits per heavy atom. The van der Waals surface area contributed by atoms with Crippen LogP contribution in [-0.4, -0.2) is 40.8 Å². The average molecular weight is 337 g/mol. The van der Waals surface area contributed by atoms with Gasteiger partial charge in [0.2, 0.25) is 5.91 Å². The first kappa shape index (κ1) is 17.1. The summed E-state index contributed by atoms with van der Waals surface area (Å²) in [6.45, 7) is 3.41. The smallest absolute Gasteiger partial charge is 0.251 e. The molecule has 0 atom stereocenters. The first-order valence-electron chi connectivity index (χ1n) is 8.66. The van der Waals surface area contributed by atoms with Crippen LogP contribution in [0.4, 0.5) is 0 Å². The van der Waals surface area contributed by atoms with Crippen LogP contribution < -0.4 is 5.32 Å². The Morgan fingerprint density at radius 1 is 1.08 bits per heavy atom. The minimum atomic E-state index is -0.0770. The highest BCUT2D eigenvalue weighted by Crippen LogP contribution is 2.14. The molecular weight excluding hydrogens is 314 g/mol. The van der Waals surface area contributed by atoms with Gasteiger partial charge in [0, 0.05) is 37.1 Å². The molecule has 0 unspecified atom stereocenters. The average Bonchev–Trinajstić information content (AvgIpc) is 2.65. The molecule has 1 fully saturated rings. The molecule has 1 aromatic carbocycles. The molecule has 0 bridgehead atoms. The number of likely N-dealkylation sites (tertiary alicyclic amines) is 1. The molecule has 0 spiro atoms. The van der Waals surface area contributed by atoms with E-state index in [2.05, 4.69) is 10.3 Å². The molecule has 0 aliphatic carbocycles. The van der Waals surface area contributed by atoms with Crippen molar-refractivity contribution >= 4 is 11.8 Å². The number of nitrogens with one attached hydrogen (secondary N) is 1. The van der Waals surface area contributed by atoms with Crippen LogP contribution in [0.2, 0.25) is 0 Å². The Hall–Kier alpha value is -2.69. The van der Waals surface area contributed by atoms with Crippen LogP contribution in [0.25, 0.3) is 0 Å². The van der Waals surface area contributed by atoms with Gasteiger partial charge < -0.3 is 10.2 Å². The molecule has 2 heterocycles. The van der Waals surface area contributed by atoms with Crippen molar-refractivity contribution in [3.63, 3.8) is 0 Å². The summed E-state index contributed by atoms with van der Waals surface area (Å²) in [7, 11) is 0. The molecule has 0 radical (unpaired) electrons. The summed E-state index contributed by atoms with van der Waals surface area (Å²) < 4.78 is 0. The normalized spacial score (nSPS) is 15.0. The van der Waals surface area contributed by atoms with Gasteiger partial charge in [0.05, 0.1) is 6.42 Å². The number of nitrogens with zero attached hydrogens (tertiary/aromatic N) is 2. The highest BCUT2D eigenvalue weighted by atomic mass is 16.2. The maximum absolute atomic E-state index is 12.4. The van der Waals surface area contributed by atoms with Crippen molar-refractivity contribution in [3.8, 4) is 0 Å². The van der Waals surface area contributed by atoms with Crippen LogP contribution in [0, 0.1) is 6.92 Å². The quantitative estimate of drug-likeness (QED) is 0.931. The van der Waals surface area contributed by atoms with E-state index >= 15 is 0 Å². The molecule has 2 aromatic rings. The Labute approximate surface area is 148 Å². The van der Waals surface area contributed by atoms with E-state index in [9.17, 15) is 9.59 Å². The van der Waals surface area contributed by atoms with E-state index in [-0.39, 0.29) is 17.9 Å². The highest BCUT2D eigenvalue weighted by molar-refractivity contribution is 5.94. The van der Waals surface area contributed by atoms with Crippen LogP contribution in [0.5, 0.6) is 0 Å². The zero-order chi connectivity index (χ0) is 17.6. The number of pyridine rings is 1. The minimum Gasteiger partial charge on any atom is -0.349 e. The van der Waals surface area contributed by atoms with Gasteiger partial charge in [0.1, 0.15) is 0 Å². The lowest BCUT2D eigenvalue weighted by Gasteiger charge is -2.32. The van der Waals surface area contributed by atoms with Crippen LogP contribution >= 0.6 is 0 Å². The molecule has 0 saturated carbocycles. The van der Waals surface area contributed by atoms with Gasteiger partial charge >= 0.3 is 0 Å². The van der Waals surface area contributed by atoms with Crippen LogP contribution in [0.1, 0.15) is 34.3 Å². The van der Waals surface area contributed by atoms with Crippen molar-refractivity contribution < 1.29 is 9.59 Å². The number of rotatable bonds is 4. The second-order valence-corrected chi connectivity index (χ2v) is 6.53. The number of hydrogen-bond acceptors (Lipinski definition) is 3. The fraction of sp³-hybridized carbons (Fsp3) is 0.350. The number of benzene rings is 1. The molecule has 5 heteroatoms. The Kier molecular flexibility index (Phi) is 5.43. The Balaban J connectivity index is 1.47. The maximum Gasteiger partial charge on any atom is 0.251 e. The fourth-order valence-corrected chi connectivity index (χ4v) is 3.04. The van der Waals surface area contributed by atoms with Gasteiger partial charge in [-0.2, -0.15) is 0 Å². The van der Waals surface area contributed by atoms with E-state index in [4.69, 9.17) is 0 Å². The van der Waals surface area contributed by atoms with Crippen molar-refractivity contribution in [2.75, 3.05) is 13.1 Å². The SMILES string of the molecule is Cc1ccc(CC(=O)N2CCC(NC(=O)c3ccncc3)CC2)cc1. The Morgan fingerprint density at radius 3 is 2.36 bits per heavy atom. The van der Waals surface area contributed by atoms with Crippen LogP contribution in [-0.2, 0) is 11.2 Å². The molecular formula is C20H23N3O2. The van der Waals surface area contributed by atoms with Crippen molar-refractivity contribution in [2.24, 2.45) is 0 Å². The lowest BCUT2D eigenvalue weighted by atomic mass is 10.0. The predicted octanol–water partition coefficient (Wildman–Crippen LogP) is 2.35. The number of amides is 2. The molecule has 3 rings (SSSR count). The zero-order valence-electron chi connectivity index (χ0n) is 14.4. The maximum atomic E-state index is 12.4. The van der Waals surface area contributed by atoms with Crippen LogP contribution in [0.15, 0.2) is 48.8 Å². The number of aromatic nitrogens is 1. The second-order valence-electron chi connectivity index (χ2n) is 6.53. The first-order valence-corrected chi connectivity index (χ1v) is 8.66. The van der Waals surface area contributed by atoms with E-state index in [1.807, 2.05) is 36.1 Å². The lowest BCUT2D eigenvalue weighted by molar-refractivity contribution is -0.131. The van der Waals surface area contributed by atoms with Crippen LogP contribution in [0.3, 0.4) is 0 Å². The van der Waals surface area contributed by atoms with Crippen molar-refractivity contribution in [3.05, 3.63) is 65.5 Å². The van der Waals surface area contributed by atoms with Gasteiger partial charge in [-0.3, -0.25) is 14.6 Å². The molecule has 1 N–H and O–H groups in total. The van der Waals surface area contributed by atoms with E-state index in [1.165, 1.54) is 5.56 Å². The molecule has 5 nitrogen and oxygen atoms in total. The highest BCUT2D eigenvalue weighted by Gasteiger charge is 2.24. The van der Waals surface area contributed by atoms with E-state index in [0.29, 0.717) is 25.1 Å². The summed E-state index contributed by atoms with van der Waals surface area (Å²) in [5.41, 5.74) is 2.86. The van der Waals surface area contributed by atoms with E-state index in [0.717, 1.165) is 18.4 Å². The predicted molar refractivity (Wildman–Crippen MR) is 96.2 cm³/mol. The number of hydrogen-bond donors (Lipinski definition) is 1. The number of carbonyl (C=O) groups excluding carboxylic acids is 2. The van der Waals surface area contributed by atoms with Gasteiger partial charge in [-0.1, -0.05) is 29.8 Å². The van der Waals surface area contributed by atoms with Gasteiger partial charge in [-0.25, -0.2) is 0 Å². The van der Waals surface area contributed by atoms with Gasteiger partial charge in [-0.05, 0) is 37.5 Å². The Bertz CT molecular complexity index is 720. The van der Waals surface area contributed by atoms with E-state index in [1.54, 1.807) is 24.5 Å². The fourth-order valence-electron chi connectivity index (χ4n) is 3.04. The third-order valence-electron chi connectivity index (χ3n) is 4.60. The zero-order valence-corrected chi connectivity index (χ0v) is 14.4. The molecule has 25 heavy (non-hydrogen) atoms. The summed E-state index contributed by atoms with van der Waals surface area (Å²) in [5, 5.41) is 3.05. The minimum absolute atomic E-state index is 0.0770. The van der Waals surface area contributed by atoms with Crippen molar-refractivity contribution in [2.45, 2.75) is 32.2 Å². The molecule has 1 saturated heterocycles.